The standard InChI is InChI=1S/C12H25NOS/c1-9-7-10(2)12(11(8-9)13-3)15-6-4-5-14/h9-14H,4-8H2,1-3H3. The van der Waals surface area contributed by atoms with E-state index in [-0.39, 0.29) is 0 Å². The molecule has 0 aromatic heterocycles. The quantitative estimate of drug-likeness (QED) is 0.711. The summed E-state index contributed by atoms with van der Waals surface area (Å²) in [4.78, 5) is 0. The minimum absolute atomic E-state index is 0.328. The van der Waals surface area contributed by atoms with Gasteiger partial charge in [-0.1, -0.05) is 13.8 Å². The van der Waals surface area contributed by atoms with Crippen LogP contribution < -0.4 is 5.32 Å². The molecule has 90 valence electrons. The molecule has 0 aromatic carbocycles. The first-order valence-corrected chi connectivity index (χ1v) is 7.13. The van der Waals surface area contributed by atoms with E-state index in [1.165, 1.54) is 12.8 Å². The molecule has 1 aliphatic carbocycles. The number of aliphatic hydroxyl groups is 1. The van der Waals surface area contributed by atoms with Crippen molar-refractivity contribution >= 4 is 11.8 Å². The lowest BCUT2D eigenvalue weighted by molar-refractivity contribution is 0.256. The summed E-state index contributed by atoms with van der Waals surface area (Å²) in [7, 11) is 2.08. The van der Waals surface area contributed by atoms with Crippen LogP contribution in [0.4, 0.5) is 0 Å². The van der Waals surface area contributed by atoms with E-state index >= 15 is 0 Å². The maximum absolute atomic E-state index is 8.80. The van der Waals surface area contributed by atoms with Crippen LogP contribution in [-0.4, -0.2) is 35.8 Å². The van der Waals surface area contributed by atoms with Gasteiger partial charge in [0.1, 0.15) is 0 Å². The summed E-state index contributed by atoms with van der Waals surface area (Å²) in [5, 5.41) is 13.0. The summed E-state index contributed by atoms with van der Waals surface area (Å²) in [6.07, 6.45) is 3.59. The zero-order chi connectivity index (χ0) is 11.3. The molecule has 1 saturated carbocycles. The van der Waals surface area contributed by atoms with E-state index in [0.717, 1.165) is 29.3 Å². The lowest BCUT2D eigenvalue weighted by Gasteiger charge is -2.39. The van der Waals surface area contributed by atoms with Crippen molar-refractivity contribution in [1.82, 2.24) is 5.32 Å². The van der Waals surface area contributed by atoms with Gasteiger partial charge in [0.25, 0.3) is 0 Å². The highest BCUT2D eigenvalue weighted by atomic mass is 32.2. The van der Waals surface area contributed by atoms with Crippen LogP contribution in [0.2, 0.25) is 0 Å². The summed E-state index contributed by atoms with van der Waals surface area (Å²) in [5.74, 6) is 2.75. The molecule has 2 N–H and O–H groups in total. The van der Waals surface area contributed by atoms with Gasteiger partial charge in [0, 0.05) is 17.9 Å². The average molecular weight is 231 g/mol. The normalized spacial score (nSPS) is 36.8. The second-order valence-corrected chi connectivity index (χ2v) is 6.15. The molecular formula is C12H25NOS. The van der Waals surface area contributed by atoms with Crippen molar-refractivity contribution in [3.05, 3.63) is 0 Å². The maximum atomic E-state index is 8.80. The van der Waals surface area contributed by atoms with Crippen LogP contribution in [0.5, 0.6) is 0 Å². The first kappa shape index (κ1) is 13.3. The van der Waals surface area contributed by atoms with Crippen LogP contribution >= 0.6 is 11.8 Å². The molecule has 1 fully saturated rings. The second kappa shape index (κ2) is 6.77. The van der Waals surface area contributed by atoms with E-state index in [2.05, 4.69) is 26.2 Å². The third-order valence-corrected chi connectivity index (χ3v) is 5.07. The molecule has 4 unspecified atom stereocenters. The Labute approximate surface area is 98.2 Å². The Kier molecular flexibility index (Phi) is 6.02. The van der Waals surface area contributed by atoms with Crippen molar-refractivity contribution in [2.75, 3.05) is 19.4 Å². The van der Waals surface area contributed by atoms with Crippen LogP contribution in [0.25, 0.3) is 0 Å². The molecule has 0 radical (unpaired) electrons. The van der Waals surface area contributed by atoms with Gasteiger partial charge in [0.15, 0.2) is 0 Å². The number of rotatable bonds is 5. The number of nitrogens with one attached hydrogen (secondary N) is 1. The highest BCUT2D eigenvalue weighted by Crippen LogP contribution is 2.36. The molecule has 3 heteroatoms. The zero-order valence-electron chi connectivity index (χ0n) is 10.2. The third kappa shape index (κ3) is 3.97. The molecule has 0 heterocycles. The number of aliphatic hydroxyl groups excluding tert-OH is 1. The van der Waals surface area contributed by atoms with E-state index < -0.39 is 0 Å². The first-order chi connectivity index (χ1) is 7.19. The summed E-state index contributed by atoms with van der Waals surface area (Å²) in [5.41, 5.74) is 0. The molecule has 0 aromatic rings. The molecule has 0 amide bonds. The predicted molar refractivity (Wildman–Crippen MR) is 68.4 cm³/mol. The van der Waals surface area contributed by atoms with Gasteiger partial charge in [0.2, 0.25) is 0 Å². The Balaban J connectivity index is 2.42. The molecule has 15 heavy (non-hydrogen) atoms. The molecular weight excluding hydrogens is 206 g/mol. The fraction of sp³-hybridized carbons (Fsp3) is 1.00. The van der Waals surface area contributed by atoms with Crippen molar-refractivity contribution in [3.63, 3.8) is 0 Å². The van der Waals surface area contributed by atoms with E-state index in [4.69, 9.17) is 5.11 Å². The Morgan fingerprint density at radius 2 is 2.07 bits per heavy atom. The van der Waals surface area contributed by atoms with Crippen LogP contribution in [-0.2, 0) is 0 Å². The molecule has 0 spiro atoms. The first-order valence-electron chi connectivity index (χ1n) is 6.08. The summed E-state index contributed by atoms with van der Waals surface area (Å²) in [6.45, 7) is 5.06. The van der Waals surface area contributed by atoms with E-state index in [9.17, 15) is 0 Å². The molecule has 4 atom stereocenters. The Morgan fingerprint density at radius 3 is 2.67 bits per heavy atom. The Hall–Kier alpha value is 0.270. The maximum Gasteiger partial charge on any atom is 0.0438 e. The van der Waals surface area contributed by atoms with Gasteiger partial charge in [-0.15, -0.1) is 0 Å². The summed E-state index contributed by atoms with van der Waals surface area (Å²) >= 11 is 2.04. The SMILES string of the molecule is CNC1CC(C)CC(C)C1SCCCO. The fourth-order valence-electron chi connectivity index (χ4n) is 2.68. The van der Waals surface area contributed by atoms with Crippen LogP contribution in [0.15, 0.2) is 0 Å². The van der Waals surface area contributed by atoms with Gasteiger partial charge in [-0.2, -0.15) is 11.8 Å². The number of thioether (sulfide) groups is 1. The number of hydrogen-bond acceptors (Lipinski definition) is 3. The third-order valence-electron chi connectivity index (χ3n) is 3.37. The molecule has 1 rings (SSSR count). The molecule has 0 bridgehead atoms. The lowest BCUT2D eigenvalue weighted by atomic mass is 9.80. The van der Waals surface area contributed by atoms with Crippen molar-refractivity contribution in [2.45, 2.75) is 44.4 Å². The van der Waals surface area contributed by atoms with Gasteiger partial charge < -0.3 is 10.4 Å². The largest absolute Gasteiger partial charge is 0.396 e. The van der Waals surface area contributed by atoms with Gasteiger partial charge >= 0.3 is 0 Å². The van der Waals surface area contributed by atoms with Gasteiger partial charge in [-0.3, -0.25) is 0 Å². The van der Waals surface area contributed by atoms with E-state index in [0.29, 0.717) is 12.6 Å². The van der Waals surface area contributed by atoms with Gasteiger partial charge in [-0.25, -0.2) is 0 Å². The number of hydrogen-bond donors (Lipinski definition) is 2. The minimum Gasteiger partial charge on any atom is -0.396 e. The summed E-state index contributed by atoms with van der Waals surface area (Å²) in [6, 6.07) is 0.660. The van der Waals surface area contributed by atoms with Crippen molar-refractivity contribution in [1.29, 1.82) is 0 Å². The van der Waals surface area contributed by atoms with Crippen LogP contribution in [0.1, 0.15) is 33.1 Å². The van der Waals surface area contributed by atoms with E-state index in [1.54, 1.807) is 0 Å². The van der Waals surface area contributed by atoms with Crippen molar-refractivity contribution in [2.24, 2.45) is 11.8 Å². The van der Waals surface area contributed by atoms with Crippen LogP contribution in [0, 0.1) is 11.8 Å². The smallest absolute Gasteiger partial charge is 0.0438 e. The monoisotopic (exact) mass is 231 g/mol. The average Bonchev–Trinajstić information content (AvgIpc) is 2.20. The Bertz CT molecular complexity index is 177. The zero-order valence-corrected chi connectivity index (χ0v) is 11.0. The fourth-order valence-corrected chi connectivity index (χ4v) is 4.16. The summed E-state index contributed by atoms with van der Waals surface area (Å²) < 4.78 is 0. The highest BCUT2D eigenvalue weighted by Gasteiger charge is 2.32. The van der Waals surface area contributed by atoms with Crippen molar-refractivity contribution in [3.8, 4) is 0 Å². The van der Waals surface area contributed by atoms with Gasteiger partial charge in [-0.05, 0) is 43.9 Å². The van der Waals surface area contributed by atoms with E-state index in [1.807, 2.05) is 11.8 Å². The topological polar surface area (TPSA) is 32.3 Å². The highest BCUT2D eigenvalue weighted by molar-refractivity contribution is 7.99. The minimum atomic E-state index is 0.328. The lowest BCUT2D eigenvalue weighted by Crippen LogP contribution is -2.45. The van der Waals surface area contributed by atoms with Gasteiger partial charge in [0.05, 0.1) is 0 Å². The molecule has 0 saturated heterocycles. The second-order valence-electron chi connectivity index (χ2n) is 4.86. The Morgan fingerprint density at radius 1 is 1.33 bits per heavy atom. The van der Waals surface area contributed by atoms with Crippen LogP contribution in [0.3, 0.4) is 0 Å². The molecule has 2 nitrogen and oxygen atoms in total. The predicted octanol–water partition coefficient (Wildman–Crippen LogP) is 2.12. The van der Waals surface area contributed by atoms with Crippen molar-refractivity contribution < 1.29 is 5.11 Å². The molecule has 1 aliphatic rings. The molecule has 0 aliphatic heterocycles.